The largest absolute Gasteiger partial charge is 0.481 e. The average molecular weight is 487 g/mol. The predicted octanol–water partition coefficient (Wildman–Crippen LogP) is 5.71. The van der Waals surface area contributed by atoms with Crippen molar-refractivity contribution in [1.29, 1.82) is 0 Å². The lowest BCUT2D eigenvalue weighted by molar-refractivity contribution is -0.142. The van der Waals surface area contributed by atoms with Gasteiger partial charge in [0.2, 0.25) is 0 Å². The number of hydrogen-bond donors (Lipinski definition) is 3. The average Bonchev–Trinajstić information content (AvgIpc) is 3.68. The van der Waals surface area contributed by atoms with Gasteiger partial charge in [-0.3, -0.25) is 4.79 Å². The van der Waals surface area contributed by atoms with Crippen molar-refractivity contribution in [3.05, 3.63) is 96.1 Å². The molecule has 1 aliphatic carbocycles. The Morgan fingerprint density at radius 3 is 1.53 bits per heavy atom. The second-order valence-electron chi connectivity index (χ2n) is 8.72. The van der Waals surface area contributed by atoms with Crippen molar-refractivity contribution >= 4 is 39.5 Å². The molecule has 3 N–H and O–H groups in total. The van der Waals surface area contributed by atoms with Crippen LogP contribution < -0.4 is 0 Å². The van der Waals surface area contributed by atoms with Gasteiger partial charge in [-0.1, -0.05) is 72.8 Å². The first-order valence-corrected chi connectivity index (χ1v) is 11.7. The summed E-state index contributed by atoms with van der Waals surface area (Å²) in [6.45, 7) is 0. The number of ether oxygens (including phenoxy) is 1. The Balaban J connectivity index is 0.000000128. The molecule has 1 saturated carbocycles. The Labute approximate surface area is 207 Å². The summed E-state index contributed by atoms with van der Waals surface area (Å²) in [6, 6.07) is 25.5. The highest BCUT2D eigenvalue weighted by Crippen LogP contribution is 2.39. The van der Waals surface area contributed by atoms with Crippen molar-refractivity contribution in [1.82, 2.24) is 0 Å². The second kappa shape index (κ2) is 11.0. The Bertz CT molecular complexity index is 1310. The molecule has 3 unspecified atom stereocenters. The monoisotopic (exact) mass is 486 g/mol. The third-order valence-corrected chi connectivity index (χ3v) is 6.39. The molecule has 0 radical (unpaired) electrons. The van der Waals surface area contributed by atoms with Crippen LogP contribution in [0.2, 0.25) is 0 Å². The van der Waals surface area contributed by atoms with Gasteiger partial charge < -0.3 is 20.1 Å². The second-order valence-corrected chi connectivity index (χ2v) is 8.72. The topological polar surface area (TPSA) is 124 Å². The van der Waals surface area contributed by atoms with Gasteiger partial charge in [-0.25, -0.2) is 9.59 Å². The number of carboxylic acid groups (broad SMARTS) is 3. The van der Waals surface area contributed by atoms with Gasteiger partial charge in [0.25, 0.3) is 0 Å². The first-order valence-electron chi connectivity index (χ1n) is 11.7. The van der Waals surface area contributed by atoms with E-state index in [1.807, 2.05) is 60.7 Å². The fraction of sp³-hybridized carbons (Fsp3) is 0.207. The lowest BCUT2D eigenvalue weighted by Crippen LogP contribution is -2.21. The normalized spacial score (nSPS) is 19.6. The number of carbonyl (C=O) groups is 3. The Morgan fingerprint density at radius 2 is 1.08 bits per heavy atom. The third-order valence-electron chi connectivity index (χ3n) is 6.39. The van der Waals surface area contributed by atoms with Gasteiger partial charge in [0.1, 0.15) is 0 Å². The summed E-state index contributed by atoms with van der Waals surface area (Å²) in [5.74, 6) is -2.55. The molecule has 6 rings (SSSR count). The number of benzene rings is 4. The summed E-state index contributed by atoms with van der Waals surface area (Å²) in [5, 5.41) is 29.9. The number of carboxylic acids is 3. The highest BCUT2D eigenvalue weighted by Gasteiger charge is 2.45. The zero-order chi connectivity index (χ0) is 25.7. The third kappa shape index (κ3) is 5.87. The van der Waals surface area contributed by atoms with E-state index in [9.17, 15) is 14.4 Å². The van der Waals surface area contributed by atoms with Gasteiger partial charge in [0.15, 0.2) is 0 Å². The molecule has 7 nitrogen and oxygen atoms in total. The Morgan fingerprint density at radius 1 is 0.611 bits per heavy atom. The first-order chi connectivity index (χ1) is 17.3. The van der Waals surface area contributed by atoms with E-state index in [0.29, 0.717) is 17.2 Å². The highest BCUT2D eigenvalue weighted by atomic mass is 16.6. The Kier molecular flexibility index (Phi) is 7.61. The molecule has 0 bridgehead atoms. The molecule has 7 heteroatoms. The molecule has 0 spiro atoms. The molecule has 0 amide bonds. The standard InChI is InChI=1S/2C11H8O2.C7H10O3/c2*12-11(13)10-7-3-5-8-4-1-2-6-9(8)10;8-7(9)4-1-2-5-6(3-4)10-5/h2*1-7H,(H,12,13);4-6H,1-3H2,(H,8,9). The van der Waals surface area contributed by atoms with Crippen molar-refractivity contribution in [3.63, 3.8) is 0 Å². The number of epoxide rings is 1. The van der Waals surface area contributed by atoms with Gasteiger partial charge in [0.05, 0.1) is 29.3 Å². The lowest BCUT2D eigenvalue weighted by Gasteiger charge is -2.12. The van der Waals surface area contributed by atoms with E-state index in [2.05, 4.69) is 0 Å². The summed E-state index contributed by atoms with van der Waals surface area (Å²) in [4.78, 5) is 32.1. The number of rotatable bonds is 3. The van der Waals surface area contributed by atoms with Crippen LogP contribution in [0.3, 0.4) is 0 Å². The predicted molar refractivity (Wildman–Crippen MR) is 135 cm³/mol. The van der Waals surface area contributed by atoms with Gasteiger partial charge in [0, 0.05) is 0 Å². The van der Waals surface area contributed by atoms with E-state index < -0.39 is 17.9 Å². The highest BCUT2D eigenvalue weighted by molar-refractivity contribution is 6.04. The molecule has 0 aromatic heterocycles. The van der Waals surface area contributed by atoms with Crippen molar-refractivity contribution in [2.24, 2.45) is 5.92 Å². The smallest absolute Gasteiger partial charge is 0.336 e. The van der Waals surface area contributed by atoms with Gasteiger partial charge in [-0.15, -0.1) is 0 Å². The van der Waals surface area contributed by atoms with Crippen LogP contribution in [0, 0.1) is 5.92 Å². The quantitative estimate of drug-likeness (QED) is 0.317. The van der Waals surface area contributed by atoms with Crippen molar-refractivity contribution in [2.45, 2.75) is 31.5 Å². The van der Waals surface area contributed by atoms with Crippen LogP contribution in [0.5, 0.6) is 0 Å². The fourth-order valence-corrected chi connectivity index (χ4v) is 4.45. The fourth-order valence-electron chi connectivity index (χ4n) is 4.45. The minimum Gasteiger partial charge on any atom is -0.481 e. The molecular weight excluding hydrogens is 460 g/mol. The Hall–Kier alpha value is -4.23. The maximum absolute atomic E-state index is 10.8. The van der Waals surface area contributed by atoms with Crippen molar-refractivity contribution in [3.8, 4) is 0 Å². The zero-order valence-electron chi connectivity index (χ0n) is 19.4. The van der Waals surface area contributed by atoms with E-state index in [0.717, 1.165) is 40.8 Å². The van der Waals surface area contributed by atoms with E-state index in [1.165, 1.54) is 0 Å². The van der Waals surface area contributed by atoms with Crippen molar-refractivity contribution in [2.75, 3.05) is 0 Å². The van der Waals surface area contributed by atoms with Crippen LogP contribution in [0.4, 0.5) is 0 Å². The first kappa shape index (κ1) is 24.9. The van der Waals surface area contributed by atoms with Crippen molar-refractivity contribution < 1.29 is 34.4 Å². The molecule has 4 aromatic rings. The summed E-state index contributed by atoms with van der Waals surface area (Å²) < 4.78 is 5.19. The molecular formula is C29H26O7. The van der Waals surface area contributed by atoms with Gasteiger partial charge in [-0.2, -0.15) is 0 Å². The van der Waals surface area contributed by atoms with Crippen LogP contribution in [-0.2, 0) is 9.53 Å². The molecule has 1 aliphatic heterocycles. The molecule has 4 aromatic carbocycles. The SMILES string of the molecule is O=C(O)C1CCC2OC2C1.O=C(O)c1cccc2ccccc12.O=C(O)c1cccc2ccccc12. The number of aliphatic carboxylic acids is 1. The number of fused-ring (bicyclic) bond motifs is 3. The zero-order valence-corrected chi connectivity index (χ0v) is 19.4. The minimum absolute atomic E-state index is 0.135. The molecule has 1 heterocycles. The van der Waals surface area contributed by atoms with E-state index in [1.54, 1.807) is 24.3 Å². The van der Waals surface area contributed by atoms with Gasteiger partial charge >= 0.3 is 17.9 Å². The van der Waals surface area contributed by atoms with E-state index >= 15 is 0 Å². The summed E-state index contributed by atoms with van der Waals surface area (Å²) in [7, 11) is 0. The van der Waals surface area contributed by atoms with Crippen LogP contribution in [0.1, 0.15) is 40.0 Å². The van der Waals surface area contributed by atoms with E-state index in [-0.39, 0.29) is 12.0 Å². The summed E-state index contributed by atoms with van der Waals surface area (Å²) in [5.41, 5.74) is 0.719. The maximum Gasteiger partial charge on any atom is 0.336 e. The molecule has 36 heavy (non-hydrogen) atoms. The van der Waals surface area contributed by atoms with Crippen LogP contribution in [0.25, 0.3) is 21.5 Å². The molecule has 2 aliphatic rings. The minimum atomic E-state index is -0.878. The number of hydrogen-bond acceptors (Lipinski definition) is 4. The molecule has 1 saturated heterocycles. The van der Waals surface area contributed by atoms with Crippen LogP contribution in [-0.4, -0.2) is 45.4 Å². The molecule has 184 valence electrons. The summed E-state index contributed by atoms with van der Waals surface area (Å²) in [6.07, 6.45) is 3.18. The summed E-state index contributed by atoms with van der Waals surface area (Å²) >= 11 is 0. The van der Waals surface area contributed by atoms with Crippen LogP contribution >= 0.6 is 0 Å². The molecule has 2 fully saturated rings. The van der Waals surface area contributed by atoms with Gasteiger partial charge in [-0.05, 0) is 52.9 Å². The number of aromatic carboxylic acids is 2. The maximum atomic E-state index is 10.8. The lowest BCUT2D eigenvalue weighted by atomic mass is 9.90. The van der Waals surface area contributed by atoms with E-state index in [4.69, 9.17) is 20.1 Å². The van der Waals surface area contributed by atoms with Crippen LogP contribution in [0.15, 0.2) is 84.9 Å². The molecule has 3 atom stereocenters.